The predicted octanol–water partition coefficient (Wildman–Crippen LogP) is 5.56. The summed E-state index contributed by atoms with van der Waals surface area (Å²) in [6, 6.07) is 25.2. The Kier molecular flexibility index (Phi) is 8.80. The molecule has 1 aromatic heterocycles. The highest BCUT2D eigenvalue weighted by atomic mass is 16.5. The Bertz CT molecular complexity index is 1640. The number of nitrogens with zero attached hydrogens (tertiary/aromatic N) is 3. The van der Waals surface area contributed by atoms with Crippen molar-refractivity contribution in [1.29, 1.82) is 5.26 Å². The summed E-state index contributed by atoms with van der Waals surface area (Å²) in [6.45, 7) is 4.27. The number of ether oxygens (including phenoxy) is 1. The van der Waals surface area contributed by atoms with Crippen LogP contribution in [-0.2, 0) is 11.3 Å². The minimum atomic E-state index is -0.214. The SMILES string of the molecule is COc1ccc(CN2CCC(NC(=O)c3cc4cc(NC(=O)C5CCN(c6ccc(C#N)cc6)CC5)ccc4o3)CC2)cc1. The molecule has 0 saturated carbocycles. The summed E-state index contributed by atoms with van der Waals surface area (Å²) in [4.78, 5) is 30.7. The van der Waals surface area contributed by atoms with Gasteiger partial charge in [0.25, 0.3) is 5.91 Å². The molecule has 6 rings (SSSR count). The third-order valence-corrected chi connectivity index (χ3v) is 8.72. The zero-order chi connectivity index (χ0) is 30.5. The molecule has 2 aliphatic heterocycles. The fourth-order valence-electron chi connectivity index (χ4n) is 6.11. The van der Waals surface area contributed by atoms with Crippen molar-refractivity contribution in [3.8, 4) is 11.8 Å². The van der Waals surface area contributed by atoms with E-state index in [1.165, 1.54) is 5.56 Å². The number of fused-ring (bicyclic) bond motifs is 1. The Morgan fingerprint density at radius 3 is 2.34 bits per heavy atom. The zero-order valence-electron chi connectivity index (χ0n) is 24.9. The average molecular weight is 592 g/mol. The zero-order valence-corrected chi connectivity index (χ0v) is 24.9. The van der Waals surface area contributed by atoms with Gasteiger partial charge in [0.1, 0.15) is 11.3 Å². The number of piperidine rings is 2. The van der Waals surface area contributed by atoms with Gasteiger partial charge in [-0.1, -0.05) is 12.1 Å². The minimum Gasteiger partial charge on any atom is -0.497 e. The van der Waals surface area contributed by atoms with Crippen LogP contribution in [0, 0.1) is 17.2 Å². The van der Waals surface area contributed by atoms with E-state index in [9.17, 15) is 9.59 Å². The number of furan rings is 1. The number of rotatable bonds is 8. The normalized spacial score (nSPS) is 16.4. The van der Waals surface area contributed by atoms with Crippen molar-refractivity contribution in [2.45, 2.75) is 38.3 Å². The summed E-state index contributed by atoms with van der Waals surface area (Å²) in [5.41, 5.74) is 4.26. The van der Waals surface area contributed by atoms with E-state index in [0.29, 0.717) is 16.8 Å². The Labute approximate surface area is 257 Å². The van der Waals surface area contributed by atoms with Crippen molar-refractivity contribution in [3.05, 3.63) is 89.7 Å². The first-order valence-electron chi connectivity index (χ1n) is 15.2. The minimum absolute atomic E-state index is 0.00335. The number of methoxy groups -OCH3 is 1. The van der Waals surface area contributed by atoms with Crippen molar-refractivity contribution in [2.24, 2.45) is 5.92 Å². The molecule has 0 bridgehead atoms. The molecule has 2 N–H and O–H groups in total. The first-order chi connectivity index (χ1) is 21.5. The predicted molar refractivity (Wildman–Crippen MR) is 170 cm³/mol. The second-order valence-electron chi connectivity index (χ2n) is 11.6. The van der Waals surface area contributed by atoms with Gasteiger partial charge in [0, 0.05) is 61.4 Å². The largest absolute Gasteiger partial charge is 0.497 e. The first kappa shape index (κ1) is 29.3. The van der Waals surface area contributed by atoms with Crippen LogP contribution in [0.1, 0.15) is 47.4 Å². The summed E-state index contributed by atoms with van der Waals surface area (Å²) in [5, 5.41) is 16.0. The third kappa shape index (κ3) is 6.87. The van der Waals surface area contributed by atoms with Crippen molar-refractivity contribution in [3.63, 3.8) is 0 Å². The molecule has 2 amide bonds. The van der Waals surface area contributed by atoms with Crippen molar-refractivity contribution >= 4 is 34.2 Å². The van der Waals surface area contributed by atoms with E-state index < -0.39 is 0 Å². The van der Waals surface area contributed by atoms with Gasteiger partial charge >= 0.3 is 0 Å². The van der Waals surface area contributed by atoms with Crippen LogP contribution in [0.2, 0.25) is 0 Å². The number of anilines is 2. The van der Waals surface area contributed by atoms with E-state index in [4.69, 9.17) is 14.4 Å². The quantitative estimate of drug-likeness (QED) is 0.276. The van der Waals surface area contributed by atoms with E-state index in [-0.39, 0.29) is 29.5 Å². The fourth-order valence-corrected chi connectivity index (χ4v) is 6.11. The highest BCUT2D eigenvalue weighted by Gasteiger charge is 2.26. The molecular formula is C35H37N5O4. The van der Waals surface area contributed by atoms with Gasteiger partial charge < -0.3 is 24.7 Å². The summed E-state index contributed by atoms with van der Waals surface area (Å²) in [5.74, 6) is 0.849. The molecule has 0 aliphatic carbocycles. The molecule has 0 radical (unpaired) electrons. The van der Waals surface area contributed by atoms with Crippen LogP contribution < -0.4 is 20.3 Å². The van der Waals surface area contributed by atoms with Crippen molar-refractivity contribution in [1.82, 2.24) is 10.2 Å². The second kappa shape index (κ2) is 13.2. The first-order valence-corrected chi connectivity index (χ1v) is 15.2. The van der Waals surface area contributed by atoms with Gasteiger partial charge in [-0.15, -0.1) is 0 Å². The lowest BCUT2D eigenvalue weighted by atomic mass is 9.95. The molecule has 4 aromatic rings. The van der Waals surface area contributed by atoms with Crippen LogP contribution in [0.5, 0.6) is 5.75 Å². The molecule has 0 spiro atoms. The number of hydrogen-bond donors (Lipinski definition) is 2. The number of carbonyl (C=O) groups is 2. The maximum atomic E-state index is 13.1. The molecule has 9 nitrogen and oxygen atoms in total. The van der Waals surface area contributed by atoms with Gasteiger partial charge in [-0.3, -0.25) is 14.5 Å². The summed E-state index contributed by atoms with van der Waals surface area (Å²) < 4.78 is 11.1. The van der Waals surface area contributed by atoms with Crippen molar-refractivity contribution in [2.75, 3.05) is 43.5 Å². The smallest absolute Gasteiger partial charge is 0.287 e. The van der Waals surface area contributed by atoms with Crippen LogP contribution in [0.15, 0.2) is 77.2 Å². The Balaban J connectivity index is 0.980. The van der Waals surface area contributed by atoms with E-state index >= 15 is 0 Å². The van der Waals surface area contributed by atoms with E-state index in [1.807, 2.05) is 48.5 Å². The number of nitriles is 1. The van der Waals surface area contributed by atoms with Crippen LogP contribution in [0.3, 0.4) is 0 Å². The summed E-state index contributed by atoms with van der Waals surface area (Å²) in [6.07, 6.45) is 3.27. The average Bonchev–Trinajstić information content (AvgIpc) is 3.50. The number of nitrogens with one attached hydrogen (secondary N) is 2. The fraction of sp³-hybridized carbons (Fsp3) is 0.343. The van der Waals surface area contributed by atoms with Gasteiger partial charge in [-0.2, -0.15) is 5.26 Å². The summed E-state index contributed by atoms with van der Waals surface area (Å²) >= 11 is 0. The van der Waals surface area contributed by atoms with Gasteiger partial charge in [0.2, 0.25) is 5.91 Å². The number of hydrogen-bond acceptors (Lipinski definition) is 7. The second-order valence-corrected chi connectivity index (χ2v) is 11.6. The van der Waals surface area contributed by atoms with Crippen LogP contribution >= 0.6 is 0 Å². The molecule has 9 heteroatoms. The number of amides is 2. The maximum Gasteiger partial charge on any atom is 0.287 e. The molecule has 2 aliphatic rings. The Morgan fingerprint density at radius 1 is 0.932 bits per heavy atom. The molecular weight excluding hydrogens is 554 g/mol. The van der Waals surface area contributed by atoms with Crippen LogP contribution in [0.25, 0.3) is 11.0 Å². The molecule has 0 unspecified atom stereocenters. The molecule has 44 heavy (non-hydrogen) atoms. The maximum absolute atomic E-state index is 13.1. The van der Waals surface area contributed by atoms with E-state index in [1.54, 1.807) is 19.2 Å². The molecule has 3 heterocycles. The van der Waals surface area contributed by atoms with Crippen molar-refractivity contribution < 1.29 is 18.7 Å². The summed E-state index contributed by atoms with van der Waals surface area (Å²) in [7, 11) is 1.67. The van der Waals surface area contributed by atoms with Crippen LogP contribution in [0.4, 0.5) is 11.4 Å². The number of carbonyl (C=O) groups excluding carboxylic acids is 2. The topological polar surface area (TPSA) is 111 Å². The lowest BCUT2D eigenvalue weighted by Crippen LogP contribution is -2.44. The van der Waals surface area contributed by atoms with E-state index in [0.717, 1.165) is 75.2 Å². The molecule has 0 atom stereocenters. The number of benzene rings is 3. The van der Waals surface area contributed by atoms with Gasteiger partial charge in [0.15, 0.2) is 5.76 Å². The third-order valence-electron chi connectivity index (χ3n) is 8.72. The van der Waals surface area contributed by atoms with E-state index in [2.05, 4.69) is 38.6 Å². The van der Waals surface area contributed by atoms with Gasteiger partial charge in [-0.05, 0) is 91.9 Å². The highest BCUT2D eigenvalue weighted by molar-refractivity contribution is 5.98. The van der Waals surface area contributed by atoms with Gasteiger partial charge in [-0.25, -0.2) is 0 Å². The Hall–Kier alpha value is -4.81. The molecule has 2 saturated heterocycles. The lowest BCUT2D eigenvalue weighted by Gasteiger charge is -2.33. The standard InChI is InChI=1S/C35H37N5O4/c1-43-31-9-4-25(5-10-31)23-39-16-14-28(15-17-39)37-35(42)33-21-27-20-29(6-11-32(27)44-33)38-34(41)26-12-18-40(19-13-26)30-7-2-24(22-36)3-8-30/h2-11,20-21,26,28H,12-19,23H2,1H3,(H,37,42)(H,38,41). The van der Waals surface area contributed by atoms with Crippen LogP contribution in [-0.4, -0.2) is 56.0 Å². The highest BCUT2D eigenvalue weighted by Crippen LogP contribution is 2.27. The monoisotopic (exact) mass is 591 g/mol. The lowest BCUT2D eigenvalue weighted by molar-refractivity contribution is -0.120. The van der Waals surface area contributed by atoms with Gasteiger partial charge in [0.05, 0.1) is 18.7 Å². The number of likely N-dealkylation sites (tertiary alicyclic amines) is 1. The molecule has 2 fully saturated rings. The molecule has 226 valence electrons. The molecule has 3 aromatic carbocycles. The Morgan fingerprint density at radius 2 is 1.66 bits per heavy atom.